The maximum atomic E-state index is 12.9. The Bertz CT molecular complexity index is 435. The molecule has 2 atom stereocenters. The minimum atomic E-state index is -0.365. The molecule has 104 valence electrons. The summed E-state index contributed by atoms with van der Waals surface area (Å²) in [5.74, 6) is -0.166. The fourth-order valence-electron chi connectivity index (χ4n) is 2.66. The van der Waals surface area contributed by atoms with Gasteiger partial charge in [-0.15, -0.1) is 0 Å². The first kappa shape index (κ1) is 13.8. The topological polar surface area (TPSA) is 49.8 Å². The number of aliphatic hydroxyl groups is 1. The van der Waals surface area contributed by atoms with Crippen LogP contribution in [0.1, 0.15) is 17.9 Å². The predicted molar refractivity (Wildman–Crippen MR) is 68.3 cm³/mol. The van der Waals surface area contributed by atoms with E-state index in [1.54, 1.807) is 17.0 Å². The lowest BCUT2D eigenvalue weighted by molar-refractivity contribution is 0.0773. The van der Waals surface area contributed by atoms with E-state index in [1.165, 1.54) is 19.2 Å². The van der Waals surface area contributed by atoms with Crippen LogP contribution in [0.2, 0.25) is 0 Å². The van der Waals surface area contributed by atoms with Gasteiger partial charge < -0.3 is 14.7 Å². The molecule has 1 aliphatic rings. The van der Waals surface area contributed by atoms with Crippen molar-refractivity contribution in [1.29, 1.82) is 0 Å². The van der Waals surface area contributed by atoms with Crippen molar-refractivity contribution in [2.45, 2.75) is 12.3 Å². The van der Waals surface area contributed by atoms with Crippen molar-refractivity contribution in [3.05, 3.63) is 35.6 Å². The zero-order valence-electron chi connectivity index (χ0n) is 10.9. The second kappa shape index (κ2) is 6.02. The van der Waals surface area contributed by atoms with Crippen molar-refractivity contribution in [2.75, 3.05) is 26.8 Å². The summed E-state index contributed by atoms with van der Waals surface area (Å²) in [5.41, 5.74) is 1.00. The van der Waals surface area contributed by atoms with Gasteiger partial charge in [-0.3, -0.25) is 0 Å². The molecule has 2 rings (SSSR count). The second-order valence-corrected chi connectivity index (χ2v) is 4.81. The van der Waals surface area contributed by atoms with Gasteiger partial charge in [-0.1, -0.05) is 12.1 Å². The van der Waals surface area contributed by atoms with Gasteiger partial charge in [0.2, 0.25) is 0 Å². The Morgan fingerprint density at radius 1 is 1.47 bits per heavy atom. The summed E-state index contributed by atoms with van der Waals surface area (Å²) in [7, 11) is 1.35. The minimum Gasteiger partial charge on any atom is -0.453 e. The van der Waals surface area contributed by atoms with Crippen LogP contribution in [0.15, 0.2) is 24.3 Å². The molecule has 1 heterocycles. The van der Waals surface area contributed by atoms with E-state index in [9.17, 15) is 14.3 Å². The molecule has 0 saturated carbocycles. The molecule has 0 aromatic heterocycles. The number of benzene rings is 1. The number of hydrogen-bond acceptors (Lipinski definition) is 3. The van der Waals surface area contributed by atoms with Crippen LogP contribution in [0.3, 0.4) is 0 Å². The first-order chi connectivity index (χ1) is 9.15. The van der Waals surface area contributed by atoms with Crippen molar-refractivity contribution in [3.8, 4) is 0 Å². The van der Waals surface area contributed by atoms with Gasteiger partial charge in [0.25, 0.3) is 0 Å². The van der Waals surface area contributed by atoms with Gasteiger partial charge in [-0.25, -0.2) is 9.18 Å². The fourth-order valence-corrected chi connectivity index (χ4v) is 2.66. The molecule has 1 fully saturated rings. The van der Waals surface area contributed by atoms with Crippen molar-refractivity contribution < 1.29 is 19.0 Å². The normalized spacial score (nSPS) is 23.2. The summed E-state index contributed by atoms with van der Waals surface area (Å²) >= 11 is 0. The third kappa shape index (κ3) is 3.04. The number of halogens is 1. The summed E-state index contributed by atoms with van der Waals surface area (Å²) in [5, 5.41) is 9.50. The molecule has 1 amide bonds. The van der Waals surface area contributed by atoms with Gasteiger partial charge in [0, 0.05) is 25.6 Å². The molecular formula is C14H18FNO3. The molecule has 0 aliphatic carbocycles. The monoisotopic (exact) mass is 267 g/mol. The highest BCUT2D eigenvalue weighted by Gasteiger charge is 2.32. The number of likely N-dealkylation sites (tertiary alicyclic amines) is 1. The van der Waals surface area contributed by atoms with E-state index in [4.69, 9.17) is 4.74 Å². The molecule has 0 spiro atoms. The number of methoxy groups -OCH3 is 1. The first-order valence-electron chi connectivity index (χ1n) is 6.35. The Balaban J connectivity index is 2.11. The summed E-state index contributed by atoms with van der Waals surface area (Å²) in [4.78, 5) is 13.1. The number of aliphatic hydroxyl groups excluding tert-OH is 1. The van der Waals surface area contributed by atoms with E-state index >= 15 is 0 Å². The van der Waals surface area contributed by atoms with Crippen molar-refractivity contribution in [1.82, 2.24) is 4.90 Å². The van der Waals surface area contributed by atoms with E-state index in [2.05, 4.69) is 0 Å². The molecule has 19 heavy (non-hydrogen) atoms. The average molecular weight is 267 g/mol. The van der Waals surface area contributed by atoms with Crippen molar-refractivity contribution >= 4 is 6.09 Å². The van der Waals surface area contributed by atoms with Crippen LogP contribution in [-0.2, 0) is 4.74 Å². The minimum absolute atomic E-state index is 0.00443. The van der Waals surface area contributed by atoms with Gasteiger partial charge in [0.15, 0.2) is 0 Å². The van der Waals surface area contributed by atoms with Gasteiger partial charge in [-0.2, -0.15) is 0 Å². The van der Waals surface area contributed by atoms with E-state index < -0.39 is 0 Å². The number of nitrogens with zero attached hydrogens (tertiary/aromatic N) is 1. The number of rotatable bonds is 2. The molecule has 1 aromatic carbocycles. The van der Waals surface area contributed by atoms with Crippen LogP contribution >= 0.6 is 0 Å². The molecule has 4 nitrogen and oxygen atoms in total. The largest absolute Gasteiger partial charge is 0.453 e. The van der Waals surface area contributed by atoms with Crippen molar-refractivity contribution in [2.24, 2.45) is 5.92 Å². The van der Waals surface area contributed by atoms with Crippen LogP contribution in [0.25, 0.3) is 0 Å². The van der Waals surface area contributed by atoms with Gasteiger partial charge in [0.05, 0.1) is 7.11 Å². The molecular weight excluding hydrogens is 249 g/mol. The SMILES string of the molecule is COC(=O)N1CC[C@@H](c2ccc(F)cc2)[C@H](CO)C1. The van der Waals surface area contributed by atoms with Crippen LogP contribution in [0.4, 0.5) is 9.18 Å². The second-order valence-electron chi connectivity index (χ2n) is 4.81. The standard InChI is InChI=1S/C14H18FNO3/c1-19-14(18)16-7-6-13(11(8-16)9-17)10-2-4-12(15)5-3-10/h2-5,11,13,17H,6-9H2,1H3/t11-,13-/m0/s1. The molecule has 1 N–H and O–H groups in total. The van der Waals surface area contributed by atoms with Crippen molar-refractivity contribution in [3.63, 3.8) is 0 Å². The Morgan fingerprint density at radius 3 is 2.74 bits per heavy atom. The fraction of sp³-hybridized carbons (Fsp3) is 0.500. The predicted octanol–water partition coefficient (Wildman–Crippen LogP) is 1.99. The smallest absolute Gasteiger partial charge is 0.409 e. The summed E-state index contributed by atoms with van der Waals surface area (Å²) in [6.45, 7) is 1.05. The maximum absolute atomic E-state index is 12.9. The van der Waals surface area contributed by atoms with E-state index in [1.807, 2.05) is 0 Å². The zero-order chi connectivity index (χ0) is 13.8. The van der Waals surface area contributed by atoms with E-state index in [0.717, 1.165) is 12.0 Å². The molecule has 1 saturated heterocycles. The van der Waals surface area contributed by atoms with Gasteiger partial charge >= 0.3 is 6.09 Å². The lowest BCUT2D eigenvalue weighted by atomic mass is 9.81. The van der Waals surface area contributed by atoms with E-state index in [0.29, 0.717) is 13.1 Å². The molecule has 0 unspecified atom stereocenters. The number of piperidine rings is 1. The summed E-state index contributed by atoms with van der Waals surface area (Å²) in [6, 6.07) is 6.35. The van der Waals surface area contributed by atoms with Gasteiger partial charge in [-0.05, 0) is 30.0 Å². The quantitative estimate of drug-likeness (QED) is 0.891. The molecule has 1 aromatic rings. The Hall–Kier alpha value is -1.62. The highest BCUT2D eigenvalue weighted by molar-refractivity contribution is 5.67. The number of hydrogen-bond donors (Lipinski definition) is 1. The third-order valence-electron chi connectivity index (χ3n) is 3.70. The number of amides is 1. The van der Waals surface area contributed by atoms with E-state index in [-0.39, 0.29) is 30.4 Å². The number of carbonyl (C=O) groups is 1. The zero-order valence-corrected chi connectivity index (χ0v) is 10.9. The first-order valence-corrected chi connectivity index (χ1v) is 6.35. The summed E-state index contributed by atoms with van der Waals surface area (Å²) < 4.78 is 17.6. The number of carbonyl (C=O) groups excluding carboxylic acids is 1. The maximum Gasteiger partial charge on any atom is 0.409 e. The van der Waals surface area contributed by atoms with Crippen LogP contribution < -0.4 is 0 Å². The highest BCUT2D eigenvalue weighted by atomic mass is 19.1. The molecule has 0 bridgehead atoms. The molecule has 5 heteroatoms. The van der Waals surface area contributed by atoms with Crippen LogP contribution in [-0.4, -0.2) is 42.9 Å². The number of ether oxygens (including phenoxy) is 1. The Kier molecular flexibility index (Phi) is 4.37. The lowest BCUT2D eigenvalue weighted by Gasteiger charge is -2.37. The average Bonchev–Trinajstić information content (AvgIpc) is 2.46. The molecule has 1 aliphatic heterocycles. The Labute approximate surface area is 111 Å². The molecule has 0 radical (unpaired) electrons. The van der Waals surface area contributed by atoms with Crippen LogP contribution in [0.5, 0.6) is 0 Å². The summed E-state index contributed by atoms with van der Waals surface area (Å²) in [6.07, 6.45) is 0.377. The van der Waals surface area contributed by atoms with Crippen LogP contribution in [0, 0.1) is 11.7 Å². The highest BCUT2D eigenvalue weighted by Crippen LogP contribution is 2.33. The van der Waals surface area contributed by atoms with Gasteiger partial charge in [0.1, 0.15) is 5.82 Å². The lowest BCUT2D eigenvalue weighted by Crippen LogP contribution is -2.44. The Morgan fingerprint density at radius 2 is 2.16 bits per heavy atom. The third-order valence-corrected chi connectivity index (χ3v) is 3.70.